The summed E-state index contributed by atoms with van der Waals surface area (Å²) < 4.78 is 23.5. The number of aryl methyl sites for hydroxylation is 2. The Balaban J connectivity index is 1.78. The topological polar surface area (TPSA) is 98.0 Å². The van der Waals surface area contributed by atoms with Gasteiger partial charge in [-0.1, -0.05) is 24.3 Å². The average Bonchev–Trinajstić information content (AvgIpc) is 2.77. The van der Waals surface area contributed by atoms with E-state index in [1.54, 1.807) is 18.3 Å². The predicted octanol–water partition coefficient (Wildman–Crippen LogP) is 3.60. The standard InChI is InChI=1S/C25H32N4O2S/c1-18-14-19(2)24(29-16-18)15-21(6-4-12-26)28-17-25-23(7-5-13-27-25)20-8-10-22(11-9-20)32(3,30)31/h5,7-11,13-14,16,21,28H,4,6,12,15,17,26H2,1-3H3. The van der Waals surface area contributed by atoms with Crippen molar-refractivity contribution in [2.75, 3.05) is 12.8 Å². The minimum absolute atomic E-state index is 0.231. The SMILES string of the molecule is Cc1cnc(CC(CCCN)NCc2ncccc2-c2ccc(S(C)(=O)=O)cc2)c(C)c1. The molecular weight excluding hydrogens is 420 g/mol. The number of aromatic nitrogens is 2. The van der Waals surface area contributed by atoms with Crippen LogP contribution in [0.25, 0.3) is 11.1 Å². The Morgan fingerprint density at radius 2 is 1.81 bits per heavy atom. The minimum Gasteiger partial charge on any atom is -0.330 e. The maximum absolute atomic E-state index is 11.8. The second-order valence-corrected chi connectivity index (χ2v) is 10.3. The summed E-state index contributed by atoms with van der Waals surface area (Å²) in [5.74, 6) is 0. The van der Waals surface area contributed by atoms with Crippen molar-refractivity contribution < 1.29 is 8.42 Å². The van der Waals surface area contributed by atoms with Crippen molar-refractivity contribution in [3.05, 3.63) is 77.4 Å². The molecule has 0 bridgehead atoms. The van der Waals surface area contributed by atoms with Crippen molar-refractivity contribution in [3.8, 4) is 11.1 Å². The second kappa shape index (κ2) is 10.8. The molecule has 3 aromatic rings. The van der Waals surface area contributed by atoms with Crippen LogP contribution in [0.5, 0.6) is 0 Å². The molecule has 0 aliphatic rings. The van der Waals surface area contributed by atoms with Gasteiger partial charge in [-0.25, -0.2) is 8.42 Å². The number of benzene rings is 1. The van der Waals surface area contributed by atoms with Crippen LogP contribution in [0.3, 0.4) is 0 Å². The van der Waals surface area contributed by atoms with Crippen molar-refractivity contribution in [2.45, 2.75) is 50.6 Å². The molecule has 0 saturated carbocycles. The van der Waals surface area contributed by atoms with Crippen LogP contribution in [-0.2, 0) is 22.8 Å². The third kappa shape index (κ3) is 6.45. The molecule has 1 atom stereocenters. The molecule has 6 nitrogen and oxygen atoms in total. The molecule has 3 N–H and O–H groups in total. The third-order valence-electron chi connectivity index (χ3n) is 5.56. The van der Waals surface area contributed by atoms with Crippen molar-refractivity contribution in [1.82, 2.24) is 15.3 Å². The first-order valence-corrected chi connectivity index (χ1v) is 12.8. The number of rotatable bonds is 10. The van der Waals surface area contributed by atoms with E-state index in [-0.39, 0.29) is 6.04 Å². The molecule has 3 rings (SSSR count). The fourth-order valence-electron chi connectivity index (χ4n) is 3.80. The highest BCUT2D eigenvalue weighted by molar-refractivity contribution is 7.90. The van der Waals surface area contributed by atoms with Gasteiger partial charge in [0.25, 0.3) is 0 Å². The Hall–Kier alpha value is -2.61. The summed E-state index contributed by atoms with van der Waals surface area (Å²) in [4.78, 5) is 9.54. The zero-order valence-corrected chi connectivity index (χ0v) is 19.8. The molecular formula is C25H32N4O2S. The van der Waals surface area contributed by atoms with E-state index in [2.05, 4.69) is 35.2 Å². The van der Waals surface area contributed by atoms with Crippen LogP contribution in [0.4, 0.5) is 0 Å². The van der Waals surface area contributed by atoms with E-state index in [0.717, 1.165) is 47.3 Å². The smallest absolute Gasteiger partial charge is 0.175 e. The fourth-order valence-corrected chi connectivity index (χ4v) is 4.43. The molecule has 0 radical (unpaired) electrons. The second-order valence-electron chi connectivity index (χ2n) is 8.28. The van der Waals surface area contributed by atoms with Crippen molar-refractivity contribution >= 4 is 9.84 Å². The molecule has 0 fully saturated rings. The van der Waals surface area contributed by atoms with E-state index in [1.165, 1.54) is 11.8 Å². The highest BCUT2D eigenvalue weighted by Crippen LogP contribution is 2.24. The zero-order chi connectivity index (χ0) is 23.1. The van der Waals surface area contributed by atoms with Gasteiger partial charge in [0.1, 0.15) is 0 Å². The molecule has 2 aromatic heterocycles. The first-order chi connectivity index (χ1) is 15.3. The molecule has 1 unspecified atom stereocenters. The van der Waals surface area contributed by atoms with E-state index >= 15 is 0 Å². The summed E-state index contributed by atoms with van der Waals surface area (Å²) in [6.45, 7) is 5.41. The number of nitrogens with zero attached hydrogens (tertiary/aromatic N) is 2. The molecule has 0 spiro atoms. The molecule has 0 aliphatic carbocycles. The van der Waals surface area contributed by atoms with E-state index in [1.807, 2.05) is 30.5 Å². The Morgan fingerprint density at radius 3 is 2.47 bits per heavy atom. The van der Waals surface area contributed by atoms with Crippen molar-refractivity contribution in [1.29, 1.82) is 0 Å². The Kier molecular flexibility index (Phi) is 8.12. The summed E-state index contributed by atoms with van der Waals surface area (Å²) in [6, 6.07) is 13.3. The Bertz CT molecular complexity index is 1140. The zero-order valence-electron chi connectivity index (χ0n) is 19.0. The van der Waals surface area contributed by atoms with Crippen LogP contribution in [0.1, 0.15) is 35.4 Å². The van der Waals surface area contributed by atoms with E-state index < -0.39 is 9.84 Å². The van der Waals surface area contributed by atoms with Crippen molar-refractivity contribution in [2.24, 2.45) is 5.73 Å². The minimum atomic E-state index is -3.22. The van der Waals surface area contributed by atoms with Gasteiger partial charge < -0.3 is 11.1 Å². The summed E-state index contributed by atoms with van der Waals surface area (Å²) in [7, 11) is -3.22. The lowest BCUT2D eigenvalue weighted by atomic mass is 10.0. The highest BCUT2D eigenvalue weighted by atomic mass is 32.2. The van der Waals surface area contributed by atoms with Gasteiger partial charge in [0.15, 0.2) is 9.84 Å². The number of nitrogens with one attached hydrogen (secondary N) is 1. The van der Waals surface area contributed by atoms with Gasteiger partial charge in [-0.15, -0.1) is 0 Å². The van der Waals surface area contributed by atoms with E-state index in [0.29, 0.717) is 18.0 Å². The summed E-state index contributed by atoms with van der Waals surface area (Å²) >= 11 is 0. The lowest BCUT2D eigenvalue weighted by Crippen LogP contribution is -2.32. The van der Waals surface area contributed by atoms with Crippen LogP contribution in [0, 0.1) is 13.8 Å². The van der Waals surface area contributed by atoms with Crippen LogP contribution in [0.2, 0.25) is 0 Å². The lowest BCUT2D eigenvalue weighted by molar-refractivity contribution is 0.459. The fraction of sp³-hybridized carbons (Fsp3) is 0.360. The molecule has 170 valence electrons. The molecule has 1 aromatic carbocycles. The van der Waals surface area contributed by atoms with Gasteiger partial charge in [-0.05, 0) is 68.1 Å². The number of hydrogen-bond acceptors (Lipinski definition) is 6. The Labute approximate surface area is 191 Å². The number of sulfone groups is 1. The highest BCUT2D eigenvalue weighted by Gasteiger charge is 2.14. The van der Waals surface area contributed by atoms with Crippen LogP contribution in [-0.4, -0.2) is 37.2 Å². The van der Waals surface area contributed by atoms with Crippen LogP contribution >= 0.6 is 0 Å². The normalized spacial score (nSPS) is 12.6. The number of nitrogens with two attached hydrogens (primary N) is 1. The van der Waals surface area contributed by atoms with Gasteiger partial charge >= 0.3 is 0 Å². The molecule has 0 aliphatic heterocycles. The van der Waals surface area contributed by atoms with Gasteiger partial charge in [0.2, 0.25) is 0 Å². The summed E-state index contributed by atoms with van der Waals surface area (Å²) in [5, 5.41) is 3.65. The van der Waals surface area contributed by atoms with Gasteiger partial charge in [0.05, 0.1) is 10.6 Å². The van der Waals surface area contributed by atoms with E-state index in [4.69, 9.17) is 5.73 Å². The molecule has 0 saturated heterocycles. The number of hydrogen-bond donors (Lipinski definition) is 2. The van der Waals surface area contributed by atoms with E-state index in [9.17, 15) is 8.42 Å². The van der Waals surface area contributed by atoms with Crippen molar-refractivity contribution in [3.63, 3.8) is 0 Å². The van der Waals surface area contributed by atoms with Gasteiger partial charge in [0, 0.05) is 48.9 Å². The quantitative estimate of drug-likeness (QED) is 0.488. The maximum Gasteiger partial charge on any atom is 0.175 e. The summed E-state index contributed by atoms with van der Waals surface area (Å²) in [5.41, 5.74) is 12.1. The van der Waals surface area contributed by atoms with Crippen LogP contribution in [0.15, 0.2) is 59.8 Å². The van der Waals surface area contributed by atoms with Gasteiger partial charge in [-0.3, -0.25) is 9.97 Å². The largest absolute Gasteiger partial charge is 0.330 e. The summed E-state index contributed by atoms with van der Waals surface area (Å²) in [6.07, 6.45) is 7.64. The average molecular weight is 453 g/mol. The maximum atomic E-state index is 11.8. The molecule has 32 heavy (non-hydrogen) atoms. The molecule has 2 heterocycles. The van der Waals surface area contributed by atoms with Crippen LogP contribution < -0.4 is 11.1 Å². The first-order valence-electron chi connectivity index (χ1n) is 10.9. The number of pyridine rings is 2. The third-order valence-corrected chi connectivity index (χ3v) is 6.69. The molecule has 7 heteroatoms. The lowest BCUT2D eigenvalue weighted by Gasteiger charge is -2.20. The monoisotopic (exact) mass is 452 g/mol. The predicted molar refractivity (Wildman–Crippen MR) is 129 cm³/mol. The molecule has 0 amide bonds. The first kappa shape index (κ1) is 24.0. The van der Waals surface area contributed by atoms with Gasteiger partial charge in [-0.2, -0.15) is 0 Å². The Morgan fingerprint density at radius 1 is 1.06 bits per heavy atom.